The molecule has 0 unspecified atom stereocenters. The van der Waals surface area contributed by atoms with Gasteiger partial charge in [0.2, 0.25) is 0 Å². The number of nitrogen functional groups attached to an aromatic ring is 1. The number of H-pyrrole nitrogens is 1. The third-order valence-electron chi connectivity index (χ3n) is 2.84. The van der Waals surface area contributed by atoms with Gasteiger partial charge in [0.1, 0.15) is 17.4 Å². The van der Waals surface area contributed by atoms with Crippen molar-refractivity contribution < 1.29 is 9.13 Å². The first kappa shape index (κ1) is 12.4. The largest absolute Gasteiger partial charge is 0.497 e. The molecule has 4 nitrogen and oxygen atoms in total. The second-order valence-electron chi connectivity index (χ2n) is 4.06. The average molecular weight is 249 g/mol. The van der Waals surface area contributed by atoms with Gasteiger partial charge in [-0.05, 0) is 18.6 Å². The highest BCUT2D eigenvalue weighted by Crippen LogP contribution is 2.30. The summed E-state index contributed by atoms with van der Waals surface area (Å²) in [5.41, 5.74) is 7.75. The van der Waals surface area contributed by atoms with Crippen molar-refractivity contribution in [1.29, 1.82) is 0 Å². The molecule has 0 saturated heterocycles. The molecule has 2 rings (SSSR count). The number of nitrogens with one attached hydrogen (secondary N) is 1. The van der Waals surface area contributed by atoms with E-state index in [0.29, 0.717) is 22.8 Å². The molecule has 18 heavy (non-hydrogen) atoms. The van der Waals surface area contributed by atoms with Gasteiger partial charge in [0, 0.05) is 17.2 Å². The van der Waals surface area contributed by atoms with E-state index in [0.717, 1.165) is 18.4 Å². The number of hydrogen-bond donors (Lipinski definition) is 2. The topological polar surface area (TPSA) is 63.9 Å². The summed E-state index contributed by atoms with van der Waals surface area (Å²) < 4.78 is 19.0. The molecule has 0 bridgehead atoms. The smallest absolute Gasteiger partial charge is 0.149 e. The zero-order valence-electron chi connectivity index (χ0n) is 10.5. The Hall–Kier alpha value is -2.04. The summed E-state index contributed by atoms with van der Waals surface area (Å²) in [6.45, 7) is 2.04. The predicted molar refractivity (Wildman–Crippen MR) is 68.9 cm³/mol. The Bertz CT molecular complexity index is 551. The molecule has 1 aromatic heterocycles. The van der Waals surface area contributed by atoms with Gasteiger partial charge in [0.15, 0.2) is 0 Å². The Morgan fingerprint density at radius 2 is 2.22 bits per heavy atom. The van der Waals surface area contributed by atoms with E-state index in [9.17, 15) is 4.39 Å². The lowest BCUT2D eigenvalue weighted by molar-refractivity contribution is 0.411. The van der Waals surface area contributed by atoms with E-state index in [1.807, 2.05) is 6.92 Å². The van der Waals surface area contributed by atoms with Gasteiger partial charge in [-0.15, -0.1) is 0 Å². The Labute approximate surface area is 105 Å². The lowest BCUT2D eigenvalue weighted by Crippen LogP contribution is -1.94. The van der Waals surface area contributed by atoms with Crippen LogP contribution >= 0.6 is 0 Å². The van der Waals surface area contributed by atoms with Gasteiger partial charge in [0.05, 0.1) is 12.8 Å². The van der Waals surface area contributed by atoms with Crippen molar-refractivity contribution in [2.24, 2.45) is 0 Å². The van der Waals surface area contributed by atoms with Gasteiger partial charge in [-0.2, -0.15) is 5.10 Å². The number of hydrogen-bond acceptors (Lipinski definition) is 3. The predicted octanol–water partition coefficient (Wildman–Crippen LogP) is 2.76. The zero-order valence-corrected chi connectivity index (χ0v) is 10.5. The Balaban J connectivity index is 2.48. The minimum atomic E-state index is -0.352. The molecule has 1 heterocycles. The van der Waals surface area contributed by atoms with Crippen LogP contribution in [0.15, 0.2) is 18.2 Å². The maximum atomic E-state index is 14.0. The molecule has 0 saturated carbocycles. The number of nitrogens with zero attached hydrogens (tertiary/aromatic N) is 1. The summed E-state index contributed by atoms with van der Waals surface area (Å²) in [5.74, 6) is 0.568. The Morgan fingerprint density at radius 3 is 2.83 bits per heavy atom. The molecule has 0 radical (unpaired) electrons. The van der Waals surface area contributed by atoms with Crippen molar-refractivity contribution >= 4 is 5.82 Å². The minimum Gasteiger partial charge on any atom is -0.497 e. The second-order valence-corrected chi connectivity index (χ2v) is 4.06. The van der Waals surface area contributed by atoms with E-state index in [2.05, 4.69) is 10.2 Å². The highest BCUT2D eigenvalue weighted by atomic mass is 19.1. The summed E-state index contributed by atoms with van der Waals surface area (Å²) >= 11 is 0. The van der Waals surface area contributed by atoms with Crippen LogP contribution in [0, 0.1) is 5.82 Å². The van der Waals surface area contributed by atoms with Crippen LogP contribution in [-0.4, -0.2) is 17.3 Å². The molecule has 96 valence electrons. The fourth-order valence-electron chi connectivity index (χ4n) is 1.93. The van der Waals surface area contributed by atoms with E-state index in [-0.39, 0.29) is 5.82 Å². The van der Waals surface area contributed by atoms with Crippen molar-refractivity contribution in [2.45, 2.75) is 19.8 Å². The number of methoxy groups -OCH3 is 1. The number of halogens is 1. The summed E-state index contributed by atoms with van der Waals surface area (Å²) in [5, 5.41) is 6.75. The quantitative estimate of drug-likeness (QED) is 0.875. The number of rotatable bonds is 4. The molecule has 0 aliphatic heterocycles. The molecular weight excluding hydrogens is 233 g/mol. The van der Waals surface area contributed by atoms with Crippen LogP contribution in [0.4, 0.5) is 10.2 Å². The monoisotopic (exact) mass is 249 g/mol. The van der Waals surface area contributed by atoms with E-state index in [1.165, 1.54) is 13.2 Å². The molecule has 1 aromatic carbocycles. The Kier molecular flexibility index (Phi) is 3.50. The summed E-state index contributed by atoms with van der Waals surface area (Å²) in [6, 6.07) is 4.73. The number of anilines is 1. The van der Waals surface area contributed by atoms with Crippen LogP contribution in [0.5, 0.6) is 5.75 Å². The van der Waals surface area contributed by atoms with Crippen molar-refractivity contribution in [3.05, 3.63) is 29.6 Å². The SMILES string of the molecule is CCCc1c(N)n[nH]c1-c1ccc(OC)cc1F. The first-order valence-electron chi connectivity index (χ1n) is 5.84. The number of benzene rings is 1. The maximum Gasteiger partial charge on any atom is 0.149 e. The van der Waals surface area contributed by atoms with E-state index in [4.69, 9.17) is 10.5 Å². The number of nitrogens with two attached hydrogens (primary N) is 1. The first-order chi connectivity index (χ1) is 8.67. The van der Waals surface area contributed by atoms with Crippen LogP contribution in [-0.2, 0) is 6.42 Å². The molecule has 0 aliphatic carbocycles. The van der Waals surface area contributed by atoms with Gasteiger partial charge in [-0.1, -0.05) is 13.3 Å². The van der Waals surface area contributed by atoms with E-state index < -0.39 is 0 Å². The van der Waals surface area contributed by atoms with Crippen molar-refractivity contribution in [2.75, 3.05) is 12.8 Å². The molecule has 3 N–H and O–H groups in total. The summed E-state index contributed by atoms with van der Waals surface area (Å²) in [7, 11) is 1.51. The van der Waals surface area contributed by atoms with Gasteiger partial charge < -0.3 is 10.5 Å². The zero-order chi connectivity index (χ0) is 13.1. The van der Waals surface area contributed by atoms with Crippen LogP contribution in [0.1, 0.15) is 18.9 Å². The Morgan fingerprint density at radius 1 is 1.44 bits per heavy atom. The first-order valence-corrected chi connectivity index (χ1v) is 5.84. The van der Waals surface area contributed by atoms with Gasteiger partial charge in [0.25, 0.3) is 0 Å². The fourth-order valence-corrected chi connectivity index (χ4v) is 1.93. The molecular formula is C13H16FN3O. The van der Waals surface area contributed by atoms with Crippen molar-refractivity contribution in [3.8, 4) is 17.0 Å². The molecule has 5 heteroatoms. The molecule has 2 aromatic rings. The third kappa shape index (κ3) is 2.16. The van der Waals surface area contributed by atoms with Gasteiger partial charge in [-0.25, -0.2) is 4.39 Å². The van der Waals surface area contributed by atoms with E-state index in [1.54, 1.807) is 12.1 Å². The van der Waals surface area contributed by atoms with Crippen LogP contribution in [0.2, 0.25) is 0 Å². The lowest BCUT2D eigenvalue weighted by atomic mass is 10.0. The van der Waals surface area contributed by atoms with E-state index >= 15 is 0 Å². The molecule has 0 atom stereocenters. The van der Waals surface area contributed by atoms with Gasteiger partial charge in [-0.3, -0.25) is 5.10 Å². The fraction of sp³-hybridized carbons (Fsp3) is 0.308. The number of ether oxygens (including phenoxy) is 1. The average Bonchev–Trinajstić information content (AvgIpc) is 2.72. The second kappa shape index (κ2) is 5.08. The summed E-state index contributed by atoms with van der Waals surface area (Å²) in [4.78, 5) is 0. The molecule has 0 amide bonds. The lowest BCUT2D eigenvalue weighted by Gasteiger charge is -2.06. The number of aromatic amines is 1. The van der Waals surface area contributed by atoms with Gasteiger partial charge >= 0.3 is 0 Å². The standard InChI is InChI=1S/C13H16FN3O/c1-3-4-10-12(16-17-13(10)15)9-6-5-8(18-2)7-11(9)14/h5-7H,3-4H2,1-2H3,(H3,15,16,17). The maximum absolute atomic E-state index is 14.0. The number of aromatic nitrogens is 2. The summed E-state index contributed by atoms with van der Waals surface area (Å²) in [6.07, 6.45) is 1.69. The van der Waals surface area contributed by atoms with Crippen molar-refractivity contribution in [1.82, 2.24) is 10.2 Å². The van der Waals surface area contributed by atoms with Crippen molar-refractivity contribution in [3.63, 3.8) is 0 Å². The van der Waals surface area contributed by atoms with Crippen LogP contribution in [0.25, 0.3) is 11.3 Å². The normalized spacial score (nSPS) is 10.6. The highest BCUT2D eigenvalue weighted by molar-refractivity contribution is 5.69. The minimum absolute atomic E-state index is 0.352. The highest BCUT2D eigenvalue weighted by Gasteiger charge is 2.15. The molecule has 0 spiro atoms. The molecule has 0 aliphatic rings. The van der Waals surface area contributed by atoms with Crippen LogP contribution in [0.3, 0.4) is 0 Å². The third-order valence-corrected chi connectivity index (χ3v) is 2.84. The molecule has 0 fully saturated rings. The van der Waals surface area contributed by atoms with Crippen LogP contribution < -0.4 is 10.5 Å².